The van der Waals surface area contributed by atoms with Crippen molar-refractivity contribution in [3.63, 3.8) is 0 Å². The van der Waals surface area contributed by atoms with Gasteiger partial charge in [-0.1, -0.05) is 0 Å². The highest BCUT2D eigenvalue weighted by molar-refractivity contribution is 5.94. The molecular formula is C13H17NO3. The van der Waals surface area contributed by atoms with Gasteiger partial charge in [0.2, 0.25) is 0 Å². The second-order valence-electron chi connectivity index (χ2n) is 3.62. The molecule has 0 saturated heterocycles. The average Bonchev–Trinajstić information content (AvgIpc) is 2.31. The quantitative estimate of drug-likeness (QED) is 0.754. The predicted molar refractivity (Wildman–Crippen MR) is 65.4 cm³/mol. The fourth-order valence-corrected chi connectivity index (χ4v) is 1.40. The summed E-state index contributed by atoms with van der Waals surface area (Å²) in [5.74, 6) is 0.443. The summed E-state index contributed by atoms with van der Waals surface area (Å²) in [6.45, 7) is 6.51. The monoisotopic (exact) mass is 235 g/mol. The maximum Gasteiger partial charge on any atom is 0.415 e. The Bertz CT molecular complexity index is 394. The van der Waals surface area contributed by atoms with Crippen molar-refractivity contribution >= 4 is 11.9 Å². The minimum Gasteiger partial charge on any atom is -0.410 e. The smallest absolute Gasteiger partial charge is 0.410 e. The molecule has 0 aliphatic rings. The number of ketones is 1. The van der Waals surface area contributed by atoms with Gasteiger partial charge in [-0.25, -0.2) is 4.79 Å². The van der Waals surface area contributed by atoms with Crippen molar-refractivity contribution < 1.29 is 14.3 Å². The summed E-state index contributed by atoms with van der Waals surface area (Å²) in [7, 11) is 0. The van der Waals surface area contributed by atoms with Crippen LogP contribution in [0.15, 0.2) is 24.3 Å². The van der Waals surface area contributed by atoms with Crippen LogP contribution in [0.3, 0.4) is 0 Å². The number of ether oxygens (including phenoxy) is 1. The van der Waals surface area contributed by atoms with Gasteiger partial charge in [0.05, 0.1) is 0 Å². The van der Waals surface area contributed by atoms with Crippen LogP contribution in [0, 0.1) is 0 Å². The number of rotatable bonds is 4. The zero-order chi connectivity index (χ0) is 12.8. The molecule has 0 unspecified atom stereocenters. The lowest BCUT2D eigenvalue weighted by atomic mass is 10.1. The summed E-state index contributed by atoms with van der Waals surface area (Å²) >= 11 is 0. The largest absolute Gasteiger partial charge is 0.415 e. The Kier molecular flexibility index (Phi) is 4.69. The second-order valence-corrected chi connectivity index (χ2v) is 3.62. The molecule has 0 aromatic heterocycles. The summed E-state index contributed by atoms with van der Waals surface area (Å²) in [4.78, 5) is 24.3. The SMILES string of the molecule is CCN(CC)C(=O)Oc1ccc(C(C)=O)cc1. The molecule has 0 aliphatic carbocycles. The minimum absolute atomic E-state index is 0.00776. The minimum atomic E-state index is -0.370. The Labute approximate surface area is 101 Å². The summed E-state index contributed by atoms with van der Waals surface area (Å²) in [5, 5.41) is 0. The van der Waals surface area contributed by atoms with E-state index in [4.69, 9.17) is 4.74 Å². The van der Waals surface area contributed by atoms with Crippen LogP contribution in [0.5, 0.6) is 5.75 Å². The first-order valence-corrected chi connectivity index (χ1v) is 5.66. The number of nitrogens with zero attached hydrogens (tertiary/aromatic N) is 1. The van der Waals surface area contributed by atoms with Crippen molar-refractivity contribution in [2.75, 3.05) is 13.1 Å². The van der Waals surface area contributed by atoms with E-state index in [0.29, 0.717) is 24.4 Å². The van der Waals surface area contributed by atoms with Gasteiger partial charge in [-0.3, -0.25) is 4.79 Å². The van der Waals surface area contributed by atoms with Crippen LogP contribution in [-0.2, 0) is 0 Å². The third-order valence-corrected chi connectivity index (χ3v) is 2.49. The number of carbonyl (C=O) groups excluding carboxylic acids is 2. The topological polar surface area (TPSA) is 46.6 Å². The molecule has 0 radical (unpaired) electrons. The highest BCUT2D eigenvalue weighted by atomic mass is 16.6. The second kappa shape index (κ2) is 6.03. The predicted octanol–water partition coefficient (Wildman–Crippen LogP) is 2.73. The summed E-state index contributed by atoms with van der Waals surface area (Å²) in [5.41, 5.74) is 0.604. The zero-order valence-corrected chi connectivity index (χ0v) is 10.4. The van der Waals surface area contributed by atoms with Gasteiger partial charge in [0, 0.05) is 18.7 Å². The van der Waals surface area contributed by atoms with Crippen molar-refractivity contribution in [3.05, 3.63) is 29.8 Å². The first-order valence-electron chi connectivity index (χ1n) is 5.66. The van der Waals surface area contributed by atoms with Crippen molar-refractivity contribution in [1.82, 2.24) is 4.90 Å². The van der Waals surface area contributed by atoms with Crippen LogP contribution in [-0.4, -0.2) is 29.9 Å². The van der Waals surface area contributed by atoms with Gasteiger partial charge in [-0.05, 0) is 45.0 Å². The van der Waals surface area contributed by atoms with Gasteiger partial charge in [0.1, 0.15) is 5.75 Å². The van der Waals surface area contributed by atoms with E-state index in [9.17, 15) is 9.59 Å². The molecule has 4 heteroatoms. The molecule has 1 rings (SSSR count). The third kappa shape index (κ3) is 3.59. The van der Waals surface area contributed by atoms with Crippen LogP contribution in [0.2, 0.25) is 0 Å². The lowest BCUT2D eigenvalue weighted by Crippen LogP contribution is -2.33. The molecule has 0 aliphatic heterocycles. The Morgan fingerprint density at radius 2 is 1.65 bits per heavy atom. The Balaban J connectivity index is 2.69. The normalized spacial score (nSPS) is 9.82. The fraction of sp³-hybridized carbons (Fsp3) is 0.385. The van der Waals surface area contributed by atoms with Crippen LogP contribution in [0.4, 0.5) is 4.79 Å². The van der Waals surface area contributed by atoms with E-state index in [0.717, 1.165) is 0 Å². The third-order valence-electron chi connectivity index (χ3n) is 2.49. The van der Waals surface area contributed by atoms with E-state index in [-0.39, 0.29) is 11.9 Å². The molecule has 1 aromatic carbocycles. The van der Waals surface area contributed by atoms with Crippen molar-refractivity contribution in [2.24, 2.45) is 0 Å². The van der Waals surface area contributed by atoms with Gasteiger partial charge < -0.3 is 9.64 Å². The number of hydrogen-bond donors (Lipinski definition) is 0. The Hall–Kier alpha value is -1.84. The van der Waals surface area contributed by atoms with Gasteiger partial charge in [-0.15, -0.1) is 0 Å². The summed E-state index contributed by atoms with van der Waals surface area (Å²) in [6.07, 6.45) is -0.370. The zero-order valence-electron chi connectivity index (χ0n) is 10.4. The summed E-state index contributed by atoms with van der Waals surface area (Å²) < 4.78 is 5.17. The highest BCUT2D eigenvalue weighted by Crippen LogP contribution is 2.13. The van der Waals surface area contributed by atoms with E-state index >= 15 is 0 Å². The van der Waals surface area contributed by atoms with Gasteiger partial charge in [0.25, 0.3) is 0 Å². The van der Waals surface area contributed by atoms with Crippen LogP contribution < -0.4 is 4.74 Å². The number of benzene rings is 1. The molecule has 4 nitrogen and oxygen atoms in total. The van der Waals surface area contributed by atoms with Crippen LogP contribution >= 0.6 is 0 Å². The number of hydrogen-bond acceptors (Lipinski definition) is 3. The molecule has 1 amide bonds. The molecular weight excluding hydrogens is 218 g/mol. The summed E-state index contributed by atoms with van der Waals surface area (Å²) in [6, 6.07) is 6.54. The molecule has 0 bridgehead atoms. The molecule has 1 aromatic rings. The molecule has 0 atom stereocenters. The molecule has 0 spiro atoms. The van der Waals surface area contributed by atoms with E-state index < -0.39 is 0 Å². The van der Waals surface area contributed by atoms with E-state index in [1.54, 1.807) is 29.2 Å². The van der Waals surface area contributed by atoms with Gasteiger partial charge in [-0.2, -0.15) is 0 Å². The Morgan fingerprint density at radius 3 is 2.06 bits per heavy atom. The molecule has 0 fully saturated rings. The first-order chi connectivity index (χ1) is 8.08. The van der Waals surface area contributed by atoms with E-state index in [1.807, 2.05) is 13.8 Å². The lowest BCUT2D eigenvalue weighted by molar-refractivity contribution is 0.101. The Morgan fingerprint density at radius 1 is 1.12 bits per heavy atom. The molecule has 0 N–H and O–H groups in total. The van der Waals surface area contributed by atoms with Crippen molar-refractivity contribution in [1.29, 1.82) is 0 Å². The van der Waals surface area contributed by atoms with Crippen LogP contribution in [0.25, 0.3) is 0 Å². The van der Waals surface area contributed by atoms with Gasteiger partial charge >= 0.3 is 6.09 Å². The number of carbonyl (C=O) groups is 2. The molecule has 17 heavy (non-hydrogen) atoms. The molecule has 92 valence electrons. The lowest BCUT2D eigenvalue weighted by Gasteiger charge is -2.17. The molecule has 0 saturated carbocycles. The first kappa shape index (κ1) is 13.2. The average molecular weight is 235 g/mol. The molecule has 0 heterocycles. The van der Waals surface area contributed by atoms with Crippen molar-refractivity contribution in [3.8, 4) is 5.75 Å². The van der Waals surface area contributed by atoms with Crippen LogP contribution in [0.1, 0.15) is 31.1 Å². The standard InChI is InChI=1S/C13H17NO3/c1-4-14(5-2)13(16)17-12-8-6-11(7-9-12)10(3)15/h6-9H,4-5H2,1-3H3. The number of Topliss-reactive ketones (excluding diaryl/α,β-unsaturated/α-hetero) is 1. The maximum absolute atomic E-state index is 11.6. The van der Waals surface area contributed by atoms with Crippen molar-refractivity contribution in [2.45, 2.75) is 20.8 Å². The highest BCUT2D eigenvalue weighted by Gasteiger charge is 2.11. The van der Waals surface area contributed by atoms with E-state index in [2.05, 4.69) is 0 Å². The maximum atomic E-state index is 11.6. The fourth-order valence-electron chi connectivity index (χ4n) is 1.40. The number of amides is 1. The van der Waals surface area contributed by atoms with Gasteiger partial charge in [0.15, 0.2) is 5.78 Å². The van der Waals surface area contributed by atoms with E-state index in [1.165, 1.54) is 6.92 Å².